The number of rotatable bonds is 5. The smallest absolute Gasteiger partial charge is 0.353 e. The van der Waals surface area contributed by atoms with E-state index in [0.29, 0.717) is 13.1 Å². The fourth-order valence-electron chi connectivity index (χ4n) is 3.96. The third-order valence-corrected chi connectivity index (χ3v) is 6.85. The fourth-order valence-corrected chi connectivity index (χ4v) is 5.41. The van der Waals surface area contributed by atoms with Gasteiger partial charge in [0.1, 0.15) is 5.70 Å². The summed E-state index contributed by atoms with van der Waals surface area (Å²) in [5.74, 6) is -2.01. The first-order valence-corrected chi connectivity index (χ1v) is 9.09. The molecule has 2 fully saturated rings. The van der Waals surface area contributed by atoms with Crippen LogP contribution in [-0.4, -0.2) is 68.8 Å². The molecule has 4 atom stereocenters. The Bertz CT molecular complexity index is 597. The van der Waals surface area contributed by atoms with E-state index in [0.717, 1.165) is 24.2 Å². The number of aliphatic hydroxyl groups is 1. The summed E-state index contributed by atoms with van der Waals surface area (Å²) >= 11 is 1.53. The SMILES string of the molecule is CC(O)C1C(=O)N2C(C(=O)O)=C(SC3CCN(C=O)CC3)C(C)[C@H]12. The molecular formula is C16H22N2O5S. The van der Waals surface area contributed by atoms with Crippen molar-refractivity contribution < 1.29 is 24.6 Å². The molecule has 3 aliphatic heterocycles. The van der Waals surface area contributed by atoms with Crippen LogP contribution in [0.5, 0.6) is 0 Å². The average molecular weight is 354 g/mol. The highest BCUT2D eigenvalue weighted by atomic mass is 32.2. The zero-order valence-electron chi connectivity index (χ0n) is 13.7. The van der Waals surface area contributed by atoms with Crippen molar-refractivity contribution in [3.8, 4) is 0 Å². The minimum absolute atomic E-state index is 0.0808. The van der Waals surface area contributed by atoms with E-state index in [4.69, 9.17) is 0 Å². The fraction of sp³-hybridized carbons (Fsp3) is 0.688. The summed E-state index contributed by atoms with van der Waals surface area (Å²) in [6, 6.07) is -0.263. The van der Waals surface area contributed by atoms with Crippen LogP contribution in [0.1, 0.15) is 26.7 Å². The third kappa shape index (κ3) is 2.61. The van der Waals surface area contributed by atoms with Gasteiger partial charge in [0.25, 0.3) is 0 Å². The highest BCUT2D eigenvalue weighted by Gasteiger charge is 2.60. The molecule has 8 heteroatoms. The summed E-state index contributed by atoms with van der Waals surface area (Å²) < 4.78 is 0. The number of hydrogen-bond acceptors (Lipinski definition) is 5. The molecule has 132 valence electrons. The number of nitrogens with zero attached hydrogens (tertiary/aromatic N) is 2. The minimum atomic E-state index is -1.09. The molecule has 0 aromatic rings. The Morgan fingerprint density at radius 2 is 2.00 bits per heavy atom. The van der Waals surface area contributed by atoms with Gasteiger partial charge in [-0.05, 0) is 19.8 Å². The number of likely N-dealkylation sites (tertiary alicyclic amines) is 1. The lowest BCUT2D eigenvalue weighted by Gasteiger charge is -2.46. The van der Waals surface area contributed by atoms with Crippen molar-refractivity contribution in [2.75, 3.05) is 13.1 Å². The van der Waals surface area contributed by atoms with Gasteiger partial charge < -0.3 is 20.0 Å². The normalized spacial score (nSPS) is 31.8. The quantitative estimate of drug-likeness (QED) is 0.551. The lowest BCUT2D eigenvalue weighted by molar-refractivity contribution is -0.163. The van der Waals surface area contributed by atoms with Gasteiger partial charge in [0.05, 0.1) is 18.1 Å². The topological polar surface area (TPSA) is 98.2 Å². The first-order valence-electron chi connectivity index (χ1n) is 8.21. The highest BCUT2D eigenvalue weighted by molar-refractivity contribution is 8.03. The van der Waals surface area contributed by atoms with Gasteiger partial charge in [0.2, 0.25) is 12.3 Å². The van der Waals surface area contributed by atoms with Gasteiger partial charge >= 0.3 is 5.97 Å². The molecular weight excluding hydrogens is 332 g/mol. The molecule has 3 rings (SSSR count). The van der Waals surface area contributed by atoms with Crippen molar-refractivity contribution in [3.05, 3.63) is 10.6 Å². The number of amides is 2. The lowest BCUT2D eigenvalue weighted by Crippen LogP contribution is -2.63. The Labute approximate surface area is 144 Å². The second kappa shape index (κ2) is 6.40. The van der Waals surface area contributed by atoms with Gasteiger partial charge in [-0.3, -0.25) is 9.59 Å². The molecule has 2 amide bonds. The Balaban J connectivity index is 1.80. The molecule has 3 aliphatic rings. The van der Waals surface area contributed by atoms with Gasteiger partial charge in [0.15, 0.2) is 0 Å². The molecule has 0 bridgehead atoms. The Kier molecular flexibility index (Phi) is 4.61. The zero-order valence-corrected chi connectivity index (χ0v) is 14.5. The number of fused-ring (bicyclic) bond motifs is 1. The predicted octanol–water partition coefficient (Wildman–Crippen LogP) is 0.494. The first kappa shape index (κ1) is 17.3. The summed E-state index contributed by atoms with van der Waals surface area (Å²) in [6.45, 7) is 4.85. The molecule has 2 N–H and O–H groups in total. The van der Waals surface area contributed by atoms with Crippen LogP contribution in [0.25, 0.3) is 0 Å². The van der Waals surface area contributed by atoms with E-state index in [1.165, 1.54) is 16.7 Å². The number of carboxylic acid groups (broad SMARTS) is 1. The van der Waals surface area contributed by atoms with Crippen LogP contribution < -0.4 is 0 Å². The van der Waals surface area contributed by atoms with Gasteiger partial charge in [-0.2, -0.15) is 0 Å². The summed E-state index contributed by atoms with van der Waals surface area (Å²) in [5, 5.41) is 19.7. The lowest BCUT2D eigenvalue weighted by atomic mass is 9.79. The zero-order chi connectivity index (χ0) is 17.6. The number of carbonyl (C=O) groups is 3. The van der Waals surface area contributed by atoms with Crippen LogP contribution in [-0.2, 0) is 14.4 Å². The minimum Gasteiger partial charge on any atom is -0.477 e. The van der Waals surface area contributed by atoms with Crippen LogP contribution in [0.2, 0.25) is 0 Å². The Morgan fingerprint density at radius 3 is 2.50 bits per heavy atom. The van der Waals surface area contributed by atoms with Crippen molar-refractivity contribution in [2.45, 2.75) is 44.1 Å². The van der Waals surface area contributed by atoms with Crippen LogP contribution in [0.4, 0.5) is 0 Å². The Morgan fingerprint density at radius 1 is 1.38 bits per heavy atom. The van der Waals surface area contributed by atoms with Crippen LogP contribution in [0.15, 0.2) is 10.6 Å². The van der Waals surface area contributed by atoms with Crippen LogP contribution in [0, 0.1) is 11.8 Å². The standard InChI is InChI=1S/C16H22N2O5S/c1-8-12-11(9(2)20)15(21)18(12)13(16(22)23)14(8)24-10-3-5-17(7-19)6-4-10/h7-12,20H,3-6H2,1-2H3,(H,22,23)/t8?,9?,11?,12-/m1/s1. The number of hydrogen-bond donors (Lipinski definition) is 2. The number of carbonyl (C=O) groups excluding carboxylic acids is 2. The van der Waals surface area contributed by atoms with Crippen molar-refractivity contribution in [2.24, 2.45) is 11.8 Å². The molecule has 0 saturated carbocycles. The molecule has 0 aliphatic carbocycles. The second-order valence-electron chi connectivity index (χ2n) is 6.73. The molecule has 24 heavy (non-hydrogen) atoms. The second-order valence-corrected chi connectivity index (χ2v) is 8.07. The van der Waals surface area contributed by atoms with E-state index in [1.54, 1.807) is 11.8 Å². The molecule has 0 radical (unpaired) electrons. The molecule has 3 unspecified atom stereocenters. The van der Waals surface area contributed by atoms with Gasteiger partial charge in [-0.1, -0.05) is 6.92 Å². The number of aliphatic hydroxyl groups excluding tert-OH is 1. The van der Waals surface area contributed by atoms with Crippen LogP contribution in [0.3, 0.4) is 0 Å². The van der Waals surface area contributed by atoms with E-state index in [-0.39, 0.29) is 28.8 Å². The maximum absolute atomic E-state index is 12.3. The number of carboxylic acids is 1. The number of piperidine rings is 1. The highest BCUT2D eigenvalue weighted by Crippen LogP contribution is 2.51. The molecule has 2 saturated heterocycles. The molecule has 7 nitrogen and oxygen atoms in total. The third-order valence-electron chi connectivity index (χ3n) is 5.23. The summed E-state index contributed by atoms with van der Waals surface area (Å²) in [5.41, 5.74) is 0.0808. The van der Waals surface area contributed by atoms with Gasteiger partial charge in [0, 0.05) is 29.2 Å². The maximum atomic E-state index is 12.3. The monoisotopic (exact) mass is 354 g/mol. The van der Waals surface area contributed by atoms with E-state index < -0.39 is 18.0 Å². The van der Waals surface area contributed by atoms with Gasteiger partial charge in [-0.15, -0.1) is 11.8 Å². The van der Waals surface area contributed by atoms with E-state index in [9.17, 15) is 24.6 Å². The predicted molar refractivity (Wildman–Crippen MR) is 87.9 cm³/mol. The van der Waals surface area contributed by atoms with E-state index in [1.807, 2.05) is 6.92 Å². The van der Waals surface area contributed by atoms with Crippen molar-refractivity contribution >= 4 is 30.0 Å². The number of β-lactam (4-membered cyclic amide) rings is 1. The van der Waals surface area contributed by atoms with E-state index in [2.05, 4.69) is 0 Å². The summed E-state index contributed by atoms with van der Waals surface area (Å²) in [6.07, 6.45) is 1.69. The molecule has 0 aromatic heterocycles. The number of aliphatic carboxylic acids is 1. The number of thioether (sulfide) groups is 1. The van der Waals surface area contributed by atoms with Crippen molar-refractivity contribution in [1.29, 1.82) is 0 Å². The van der Waals surface area contributed by atoms with Crippen molar-refractivity contribution in [3.63, 3.8) is 0 Å². The average Bonchev–Trinajstić information content (AvgIpc) is 2.77. The molecule has 0 spiro atoms. The summed E-state index contributed by atoms with van der Waals surface area (Å²) in [4.78, 5) is 38.6. The molecule has 0 aromatic carbocycles. The maximum Gasteiger partial charge on any atom is 0.353 e. The first-order chi connectivity index (χ1) is 11.4. The Hall–Kier alpha value is -1.54. The van der Waals surface area contributed by atoms with Gasteiger partial charge in [-0.25, -0.2) is 4.79 Å². The largest absolute Gasteiger partial charge is 0.477 e. The van der Waals surface area contributed by atoms with Crippen LogP contribution >= 0.6 is 11.8 Å². The van der Waals surface area contributed by atoms with Crippen molar-refractivity contribution in [1.82, 2.24) is 9.80 Å². The molecule has 3 heterocycles. The summed E-state index contributed by atoms with van der Waals surface area (Å²) in [7, 11) is 0. The van der Waals surface area contributed by atoms with E-state index >= 15 is 0 Å².